The maximum Gasteiger partial charge on any atom is 0.147 e. The minimum Gasteiger partial charge on any atom is -0.390 e. The molecule has 0 fully saturated rings. The molecule has 0 unspecified atom stereocenters. The van der Waals surface area contributed by atoms with E-state index in [1.54, 1.807) is 12.4 Å². The van der Waals surface area contributed by atoms with Crippen molar-refractivity contribution >= 4 is 5.82 Å². The molecule has 0 saturated heterocycles. The van der Waals surface area contributed by atoms with Crippen LogP contribution < -0.4 is 4.90 Å². The molecule has 0 atom stereocenters. The number of aliphatic hydroxyl groups excluding tert-OH is 1. The van der Waals surface area contributed by atoms with Crippen LogP contribution in [0.5, 0.6) is 0 Å². The zero-order valence-electron chi connectivity index (χ0n) is 12.3. The third kappa shape index (κ3) is 5.12. The van der Waals surface area contributed by atoms with Crippen LogP contribution in [0.25, 0.3) is 0 Å². The van der Waals surface area contributed by atoms with Crippen LogP contribution in [0.4, 0.5) is 5.82 Å². The van der Waals surface area contributed by atoms with Crippen molar-refractivity contribution in [3.8, 4) is 0 Å². The summed E-state index contributed by atoms with van der Waals surface area (Å²) in [5.41, 5.74) is 0.625. The Labute approximate surface area is 116 Å². The van der Waals surface area contributed by atoms with Gasteiger partial charge in [0, 0.05) is 13.1 Å². The van der Waals surface area contributed by atoms with Crippen molar-refractivity contribution in [2.75, 3.05) is 37.6 Å². The Kier molecular flexibility index (Phi) is 7.36. The SMILES string of the molecule is CCN(CC)CCCN(CC)c1cncc(CO)n1. The fourth-order valence-electron chi connectivity index (χ4n) is 2.08. The zero-order chi connectivity index (χ0) is 14.1. The number of aliphatic hydroxyl groups is 1. The highest BCUT2D eigenvalue weighted by Gasteiger charge is 2.08. The van der Waals surface area contributed by atoms with Gasteiger partial charge in [0.05, 0.1) is 24.7 Å². The number of hydrogen-bond donors (Lipinski definition) is 1. The van der Waals surface area contributed by atoms with Crippen molar-refractivity contribution in [1.29, 1.82) is 0 Å². The molecule has 0 bridgehead atoms. The summed E-state index contributed by atoms with van der Waals surface area (Å²) >= 11 is 0. The molecule has 5 heteroatoms. The molecule has 108 valence electrons. The van der Waals surface area contributed by atoms with Gasteiger partial charge < -0.3 is 14.9 Å². The molecule has 0 radical (unpaired) electrons. The summed E-state index contributed by atoms with van der Waals surface area (Å²) in [5, 5.41) is 9.10. The van der Waals surface area contributed by atoms with Crippen molar-refractivity contribution in [1.82, 2.24) is 14.9 Å². The second kappa shape index (κ2) is 8.82. The number of nitrogens with zero attached hydrogens (tertiary/aromatic N) is 4. The van der Waals surface area contributed by atoms with E-state index in [9.17, 15) is 0 Å². The topological polar surface area (TPSA) is 52.5 Å². The molecule has 1 rings (SSSR count). The van der Waals surface area contributed by atoms with Crippen LogP contribution in [-0.4, -0.2) is 52.7 Å². The van der Waals surface area contributed by atoms with Gasteiger partial charge in [0.15, 0.2) is 0 Å². The summed E-state index contributed by atoms with van der Waals surface area (Å²) in [7, 11) is 0. The Morgan fingerprint density at radius 1 is 1.05 bits per heavy atom. The van der Waals surface area contributed by atoms with Gasteiger partial charge in [-0.2, -0.15) is 0 Å². The van der Waals surface area contributed by atoms with E-state index in [0.717, 1.165) is 45.0 Å². The molecule has 0 spiro atoms. The van der Waals surface area contributed by atoms with Gasteiger partial charge in [0.2, 0.25) is 0 Å². The average molecular weight is 266 g/mol. The lowest BCUT2D eigenvalue weighted by Crippen LogP contribution is -2.30. The van der Waals surface area contributed by atoms with Gasteiger partial charge in [-0.05, 0) is 33.0 Å². The summed E-state index contributed by atoms with van der Waals surface area (Å²) in [6.07, 6.45) is 4.48. The highest BCUT2D eigenvalue weighted by molar-refractivity contribution is 5.35. The summed E-state index contributed by atoms with van der Waals surface area (Å²) < 4.78 is 0. The molecule has 0 aliphatic heterocycles. The zero-order valence-corrected chi connectivity index (χ0v) is 12.3. The van der Waals surface area contributed by atoms with Gasteiger partial charge >= 0.3 is 0 Å². The van der Waals surface area contributed by atoms with E-state index >= 15 is 0 Å². The van der Waals surface area contributed by atoms with Crippen LogP contribution in [0.3, 0.4) is 0 Å². The van der Waals surface area contributed by atoms with E-state index in [0.29, 0.717) is 5.69 Å². The lowest BCUT2D eigenvalue weighted by atomic mass is 10.3. The first-order valence-corrected chi connectivity index (χ1v) is 7.14. The van der Waals surface area contributed by atoms with Crippen LogP contribution in [0.1, 0.15) is 32.9 Å². The van der Waals surface area contributed by atoms with Crippen molar-refractivity contribution < 1.29 is 5.11 Å². The highest BCUT2D eigenvalue weighted by atomic mass is 16.3. The van der Waals surface area contributed by atoms with E-state index in [4.69, 9.17) is 5.11 Å². The third-order valence-corrected chi connectivity index (χ3v) is 3.34. The van der Waals surface area contributed by atoms with Gasteiger partial charge in [0.25, 0.3) is 0 Å². The predicted molar refractivity (Wildman–Crippen MR) is 78.2 cm³/mol. The van der Waals surface area contributed by atoms with E-state index in [-0.39, 0.29) is 6.61 Å². The number of anilines is 1. The van der Waals surface area contributed by atoms with Crippen LogP contribution >= 0.6 is 0 Å². The van der Waals surface area contributed by atoms with E-state index in [1.807, 2.05) is 0 Å². The molecular weight excluding hydrogens is 240 g/mol. The first kappa shape index (κ1) is 15.9. The summed E-state index contributed by atoms with van der Waals surface area (Å²) in [4.78, 5) is 13.1. The highest BCUT2D eigenvalue weighted by Crippen LogP contribution is 2.10. The fourth-order valence-corrected chi connectivity index (χ4v) is 2.08. The quantitative estimate of drug-likeness (QED) is 0.734. The second-order valence-corrected chi connectivity index (χ2v) is 4.49. The number of rotatable bonds is 9. The van der Waals surface area contributed by atoms with Gasteiger partial charge in [-0.1, -0.05) is 13.8 Å². The van der Waals surface area contributed by atoms with Crippen molar-refractivity contribution in [2.24, 2.45) is 0 Å². The number of aromatic nitrogens is 2. The second-order valence-electron chi connectivity index (χ2n) is 4.49. The van der Waals surface area contributed by atoms with Crippen molar-refractivity contribution in [3.63, 3.8) is 0 Å². The van der Waals surface area contributed by atoms with Crippen LogP contribution in [0, 0.1) is 0 Å². The lowest BCUT2D eigenvalue weighted by molar-refractivity contribution is 0.276. The largest absolute Gasteiger partial charge is 0.390 e. The molecule has 0 amide bonds. The Morgan fingerprint density at radius 2 is 1.79 bits per heavy atom. The van der Waals surface area contributed by atoms with Gasteiger partial charge in [-0.15, -0.1) is 0 Å². The maximum atomic E-state index is 9.10. The number of hydrogen-bond acceptors (Lipinski definition) is 5. The van der Waals surface area contributed by atoms with E-state index < -0.39 is 0 Å². The first-order chi connectivity index (χ1) is 9.24. The van der Waals surface area contributed by atoms with Gasteiger partial charge in [0.1, 0.15) is 5.82 Å². The molecule has 0 saturated carbocycles. The molecule has 0 aromatic carbocycles. The van der Waals surface area contributed by atoms with Crippen LogP contribution in [-0.2, 0) is 6.61 Å². The lowest BCUT2D eigenvalue weighted by Gasteiger charge is -2.24. The minimum absolute atomic E-state index is 0.0577. The molecular formula is C14H26N4O. The predicted octanol–water partition coefficient (Wildman–Crippen LogP) is 1.53. The van der Waals surface area contributed by atoms with Crippen molar-refractivity contribution in [2.45, 2.75) is 33.8 Å². The Morgan fingerprint density at radius 3 is 2.37 bits per heavy atom. The molecule has 5 nitrogen and oxygen atoms in total. The third-order valence-electron chi connectivity index (χ3n) is 3.34. The normalized spacial score (nSPS) is 11.0. The monoisotopic (exact) mass is 266 g/mol. The van der Waals surface area contributed by atoms with Gasteiger partial charge in [-0.3, -0.25) is 4.98 Å². The summed E-state index contributed by atoms with van der Waals surface area (Å²) in [5.74, 6) is 0.855. The Bertz CT molecular complexity index is 355. The summed E-state index contributed by atoms with van der Waals surface area (Å²) in [6, 6.07) is 0. The molecule has 1 aromatic rings. The van der Waals surface area contributed by atoms with E-state index in [2.05, 4.69) is 40.5 Å². The Balaban J connectivity index is 2.52. The smallest absolute Gasteiger partial charge is 0.147 e. The van der Waals surface area contributed by atoms with E-state index in [1.165, 1.54) is 0 Å². The fraction of sp³-hybridized carbons (Fsp3) is 0.714. The molecule has 0 aliphatic carbocycles. The molecule has 19 heavy (non-hydrogen) atoms. The summed E-state index contributed by atoms with van der Waals surface area (Å²) in [6.45, 7) is 11.6. The molecule has 1 heterocycles. The van der Waals surface area contributed by atoms with Crippen LogP contribution in [0.15, 0.2) is 12.4 Å². The molecule has 1 aromatic heterocycles. The standard InChI is InChI=1S/C14H26N4O/c1-4-17(5-2)8-7-9-18(6-3)14-11-15-10-13(12-19)16-14/h10-11,19H,4-9,12H2,1-3H3. The van der Waals surface area contributed by atoms with Crippen LogP contribution in [0.2, 0.25) is 0 Å². The first-order valence-electron chi connectivity index (χ1n) is 7.14. The molecule has 0 aliphatic rings. The average Bonchev–Trinajstić information content (AvgIpc) is 2.47. The minimum atomic E-state index is -0.0577. The molecule has 1 N–H and O–H groups in total. The Hall–Kier alpha value is -1.20. The van der Waals surface area contributed by atoms with Crippen molar-refractivity contribution in [3.05, 3.63) is 18.1 Å². The maximum absolute atomic E-state index is 9.10. The van der Waals surface area contributed by atoms with Gasteiger partial charge in [-0.25, -0.2) is 4.98 Å².